The minimum Gasteiger partial charge on any atom is -0.352 e. The Labute approximate surface area is 197 Å². The molecule has 0 saturated carbocycles. The summed E-state index contributed by atoms with van der Waals surface area (Å²) in [4.78, 5) is 17.9. The number of likely N-dealkylation sites (tertiary alicyclic amines) is 1. The monoisotopic (exact) mass is 442 g/mol. The molecular weight excluding hydrogens is 408 g/mol. The largest absolute Gasteiger partial charge is 0.352 e. The Bertz CT molecular complexity index is 1050. The predicted octanol–water partition coefficient (Wildman–Crippen LogP) is 3.98. The second kappa shape index (κ2) is 9.94. The van der Waals surface area contributed by atoms with E-state index in [9.17, 15) is 4.79 Å². The van der Waals surface area contributed by atoms with Gasteiger partial charge in [0.15, 0.2) is 0 Å². The third kappa shape index (κ3) is 5.21. The summed E-state index contributed by atoms with van der Waals surface area (Å²) in [5.41, 5.74) is 5.14. The van der Waals surface area contributed by atoms with E-state index in [1.54, 1.807) is 0 Å². The van der Waals surface area contributed by atoms with E-state index in [1.165, 1.54) is 22.4 Å². The number of nitrogens with zero attached hydrogens (tertiary/aromatic N) is 3. The first kappa shape index (κ1) is 21.9. The lowest BCUT2D eigenvalue weighted by Crippen LogP contribution is -2.49. The zero-order chi connectivity index (χ0) is 22.6. The second-order valence-corrected chi connectivity index (χ2v) is 9.51. The van der Waals surface area contributed by atoms with Crippen molar-refractivity contribution in [1.29, 1.82) is 0 Å². The number of rotatable bonds is 6. The summed E-state index contributed by atoms with van der Waals surface area (Å²) < 4.78 is 2.32. The lowest BCUT2D eigenvalue weighted by molar-refractivity contribution is -0.123. The van der Waals surface area contributed by atoms with Gasteiger partial charge in [-0.15, -0.1) is 0 Å². The van der Waals surface area contributed by atoms with Crippen LogP contribution in [0.15, 0.2) is 72.9 Å². The summed E-state index contributed by atoms with van der Waals surface area (Å²) in [5, 5.41) is 3.34. The van der Waals surface area contributed by atoms with E-state index in [0.29, 0.717) is 6.54 Å². The van der Waals surface area contributed by atoms with Crippen LogP contribution in [0, 0.1) is 6.92 Å². The number of fused-ring (bicyclic) bond motifs is 1. The number of carbonyl (C=O) groups excluding carboxylic acids is 1. The quantitative estimate of drug-likeness (QED) is 0.628. The molecular formula is C28H34N4O. The first-order valence-electron chi connectivity index (χ1n) is 12.2. The van der Waals surface area contributed by atoms with Crippen molar-refractivity contribution >= 4 is 5.91 Å². The average Bonchev–Trinajstić information content (AvgIpc) is 3.31. The Morgan fingerprint density at radius 1 is 0.909 bits per heavy atom. The summed E-state index contributed by atoms with van der Waals surface area (Å²) in [6, 6.07) is 24.1. The Kier molecular flexibility index (Phi) is 6.60. The van der Waals surface area contributed by atoms with Crippen LogP contribution in [0.1, 0.15) is 41.3 Å². The Balaban J connectivity index is 1.18. The van der Waals surface area contributed by atoms with Gasteiger partial charge in [0.2, 0.25) is 5.91 Å². The van der Waals surface area contributed by atoms with Crippen LogP contribution >= 0.6 is 0 Å². The Hall–Kier alpha value is -2.89. The molecule has 5 heteroatoms. The molecule has 1 aromatic heterocycles. The first-order chi connectivity index (χ1) is 16.2. The lowest BCUT2D eigenvalue weighted by atomic mass is 9.98. The number of amides is 1. The molecule has 2 aliphatic heterocycles. The lowest BCUT2D eigenvalue weighted by Gasteiger charge is -2.37. The molecule has 1 fully saturated rings. The maximum Gasteiger partial charge on any atom is 0.234 e. The van der Waals surface area contributed by atoms with Crippen LogP contribution in [0.25, 0.3) is 0 Å². The highest BCUT2D eigenvalue weighted by molar-refractivity contribution is 5.78. The smallest absolute Gasteiger partial charge is 0.234 e. The van der Waals surface area contributed by atoms with Gasteiger partial charge in [0, 0.05) is 50.7 Å². The number of piperidine rings is 1. The van der Waals surface area contributed by atoms with Gasteiger partial charge in [0.25, 0.3) is 0 Å². The maximum atomic E-state index is 13.1. The van der Waals surface area contributed by atoms with Gasteiger partial charge in [-0.2, -0.15) is 0 Å². The second-order valence-electron chi connectivity index (χ2n) is 9.51. The van der Waals surface area contributed by atoms with Crippen LogP contribution in [0.4, 0.5) is 0 Å². The molecule has 0 spiro atoms. The number of aryl methyl sites for hydroxylation is 1. The van der Waals surface area contributed by atoms with E-state index < -0.39 is 0 Å². The van der Waals surface area contributed by atoms with Crippen LogP contribution in [-0.4, -0.2) is 52.5 Å². The van der Waals surface area contributed by atoms with Gasteiger partial charge in [0.05, 0.1) is 12.6 Å². The standard InChI is InChI=1S/C28H34N4O/c1-22-9-11-24(12-10-22)28-26-8-5-15-31(26)18-19-32(28)21-27(33)29-25-13-16-30(17-14-25)20-23-6-3-2-4-7-23/h2-12,15,25,28H,13-14,16-21H2,1H3,(H,29,33). The third-order valence-electron chi connectivity index (χ3n) is 7.08. The van der Waals surface area contributed by atoms with Crippen LogP contribution in [0.2, 0.25) is 0 Å². The van der Waals surface area contributed by atoms with Crippen molar-refractivity contribution in [1.82, 2.24) is 19.7 Å². The maximum absolute atomic E-state index is 13.1. The molecule has 1 N–H and O–H groups in total. The highest BCUT2D eigenvalue weighted by Crippen LogP contribution is 2.32. The summed E-state index contributed by atoms with van der Waals surface area (Å²) in [6.07, 6.45) is 4.18. The number of benzene rings is 2. The summed E-state index contributed by atoms with van der Waals surface area (Å²) in [6.45, 7) is 7.41. The highest BCUT2D eigenvalue weighted by atomic mass is 16.2. The molecule has 0 radical (unpaired) electrons. The van der Waals surface area contributed by atoms with E-state index >= 15 is 0 Å². The Morgan fingerprint density at radius 2 is 1.67 bits per heavy atom. The van der Waals surface area contributed by atoms with E-state index in [1.807, 2.05) is 0 Å². The van der Waals surface area contributed by atoms with Crippen molar-refractivity contribution in [3.63, 3.8) is 0 Å². The molecule has 5 nitrogen and oxygen atoms in total. The van der Waals surface area contributed by atoms with Crippen LogP contribution < -0.4 is 5.32 Å². The molecule has 0 aliphatic carbocycles. The SMILES string of the molecule is Cc1ccc(C2c3cccn3CCN2CC(=O)NC2CCN(Cc3ccccc3)CC2)cc1. The zero-order valence-electron chi connectivity index (χ0n) is 19.5. The molecule has 3 aromatic rings. The molecule has 2 aliphatic rings. The van der Waals surface area contributed by atoms with Gasteiger partial charge >= 0.3 is 0 Å². The van der Waals surface area contributed by atoms with Crippen molar-refractivity contribution in [2.45, 2.75) is 44.9 Å². The van der Waals surface area contributed by atoms with E-state index in [-0.39, 0.29) is 18.0 Å². The molecule has 0 bridgehead atoms. The van der Waals surface area contributed by atoms with Crippen LogP contribution in [-0.2, 0) is 17.9 Å². The van der Waals surface area contributed by atoms with E-state index in [4.69, 9.17) is 0 Å². The fraction of sp³-hybridized carbons (Fsp3) is 0.393. The van der Waals surface area contributed by atoms with Gasteiger partial charge in [-0.1, -0.05) is 60.2 Å². The molecule has 1 atom stereocenters. The molecule has 3 heterocycles. The summed E-state index contributed by atoms with van der Waals surface area (Å²) in [5.74, 6) is 0.147. The number of hydrogen-bond acceptors (Lipinski definition) is 3. The normalized spacial score (nSPS) is 19.8. The summed E-state index contributed by atoms with van der Waals surface area (Å²) in [7, 11) is 0. The predicted molar refractivity (Wildman–Crippen MR) is 132 cm³/mol. The first-order valence-corrected chi connectivity index (χ1v) is 12.2. The molecule has 172 valence electrons. The van der Waals surface area contributed by atoms with E-state index in [0.717, 1.165) is 45.6 Å². The minimum absolute atomic E-state index is 0.118. The molecule has 1 amide bonds. The third-order valence-corrected chi connectivity index (χ3v) is 7.08. The molecule has 5 rings (SSSR count). The Morgan fingerprint density at radius 3 is 2.42 bits per heavy atom. The van der Waals surface area contributed by atoms with Crippen LogP contribution in [0.3, 0.4) is 0 Å². The molecule has 2 aromatic carbocycles. The van der Waals surface area contributed by atoms with Crippen molar-refractivity contribution in [3.05, 3.63) is 95.3 Å². The number of nitrogens with one attached hydrogen (secondary N) is 1. The van der Waals surface area contributed by atoms with Gasteiger partial charge in [0.1, 0.15) is 0 Å². The van der Waals surface area contributed by atoms with Crippen molar-refractivity contribution in [3.8, 4) is 0 Å². The van der Waals surface area contributed by atoms with Gasteiger partial charge in [-0.25, -0.2) is 0 Å². The molecule has 1 unspecified atom stereocenters. The fourth-order valence-electron chi connectivity index (χ4n) is 5.27. The van der Waals surface area contributed by atoms with Gasteiger partial charge < -0.3 is 9.88 Å². The fourth-order valence-corrected chi connectivity index (χ4v) is 5.27. The summed E-state index contributed by atoms with van der Waals surface area (Å²) >= 11 is 0. The number of hydrogen-bond donors (Lipinski definition) is 1. The van der Waals surface area contributed by atoms with Crippen molar-refractivity contribution < 1.29 is 4.79 Å². The van der Waals surface area contributed by atoms with Crippen molar-refractivity contribution in [2.75, 3.05) is 26.2 Å². The zero-order valence-corrected chi connectivity index (χ0v) is 19.5. The van der Waals surface area contributed by atoms with Gasteiger partial charge in [-0.05, 0) is 43.0 Å². The highest BCUT2D eigenvalue weighted by Gasteiger charge is 2.30. The van der Waals surface area contributed by atoms with E-state index in [2.05, 4.69) is 99.5 Å². The molecule has 33 heavy (non-hydrogen) atoms. The average molecular weight is 443 g/mol. The minimum atomic E-state index is 0.118. The molecule has 1 saturated heterocycles. The number of aromatic nitrogens is 1. The van der Waals surface area contributed by atoms with Crippen molar-refractivity contribution in [2.24, 2.45) is 0 Å². The topological polar surface area (TPSA) is 40.5 Å². The van der Waals surface area contributed by atoms with Crippen LogP contribution in [0.5, 0.6) is 0 Å². The number of carbonyl (C=O) groups is 1. The van der Waals surface area contributed by atoms with Gasteiger partial charge in [-0.3, -0.25) is 14.6 Å².